The molecule has 0 radical (unpaired) electrons. The van der Waals surface area contributed by atoms with Crippen LogP contribution in [0.15, 0.2) is 71.9 Å². The summed E-state index contributed by atoms with van der Waals surface area (Å²) in [7, 11) is 0. The summed E-state index contributed by atoms with van der Waals surface area (Å²) in [6, 6.07) is 20.0. The molecule has 1 amide bonds. The number of nitrogens with one attached hydrogen (secondary N) is 1. The highest BCUT2D eigenvalue weighted by molar-refractivity contribution is 7.98. The standard InChI is InChI=1S/C25H21Cl3N4OS/c1-15-6-5-7-17(12-15)14-34-25-31-30-23(32(25)22-11-10-18(26)13-21(22)28)16(2)29-24(33)19-8-3-4-9-20(19)27/h3-13,16H,14H2,1-2H3,(H,29,33). The summed E-state index contributed by atoms with van der Waals surface area (Å²) in [6.07, 6.45) is 0. The molecule has 0 bridgehead atoms. The van der Waals surface area contributed by atoms with Gasteiger partial charge in [0.15, 0.2) is 11.0 Å². The van der Waals surface area contributed by atoms with Crippen molar-refractivity contribution in [2.24, 2.45) is 0 Å². The van der Waals surface area contributed by atoms with Crippen molar-refractivity contribution in [3.05, 3.63) is 104 Å². The van der Waals surface area contributed by atoms with Crippen LogP contribution in [0.4, 0.5) is 0 Å². The quantitative estimate of drug-likeness (QED) is 0.254. The van der Waals surface area contributed by atoms with Crippen LogP contribution in [0, 0.1) is 6.92 Å². The SMILES string of the molecule is Cc1cccc(CSc2nnc(C(C)NC(=O)c3ccccc3Cl)n2-c2ccc(Cl)cc2Cl)c1. The molecule has 1 aromatic heterocycles. The molecule has 1 atom stereocenters. The van der Waals surface area contributed by atoms with Gasteiger partial charge in [0.1, 0.15) is 0 Å². The number of hydrogen-bond acceptors (Lipinski definition) is 4. The Morgan fingerprint density at radius 1 is 1.00 bits per heavy atom. The van der Waals surface area contributed by atoms with E-state index in [9.17, 15) is 4.79 Å². The highest BCUT2D eigenvalue weighted by atomic mass is 35.5. The monoisotopic (exact) mass is 530 g/mol. The van der Waals surface area contributed by atoms with Crippen molar-refractivity contribution in [1.82, 2.24) is 20.1 Å². The third-order valence-electron chi connectivity index (χ3n) is 5.11. The Morgan fingerprint density at radius 3 is 2.53 bits per heavy atom. The maximum absolute atomic E-state index is 12.9. The zero-order chi connectivity index (χ0) is 24.2. The van der Waals surface area contributed by atoms with Gasteiger partial charge in [0.05, 0.1) is 27.3 Å². The van der Waals surface area contributed by atoms with Gasteiger partial charge in [-0.2, -0.15) is 0 Å². The molecule has 0 fully saturated rings. The smallest absolute Gasteiger partial charge is 0.253 e. The van der Waals surface area contributed by atoms with E-state index in [-0.39, 0.29) is 5.91 Å². The van der Waals surface area contributed by atoms with Crippen molar-refractivity contribution in [3.8, 4) is 5.69 Å². The van der Waals surface area contributed by atoms with Crippen LogP contribution in [0.3, 0.4) is 0 Å². The molecular formula is C25H21Cl3N4OS. The molecule has 5 nitrogen and oxygen atoms in total. The zero-order valence-corrected chi connectivity index (χ0v) is 21.5. The number of amides is 1. The van der Waals surface area contributed by atoms with Gasteiger partial charge in [-0.15, -0.1) is 10.2 Å². The van der Waals surface area contributed by atoms with Gasteiger partial charge >= 0.3 is 0 Å². The van der Waals surface area contributed by atoms with E-state index in [2.05, 4.69) is 40.6 Å². The molecule has 0 aliphatic rings. The Hall–Kier alpha value is -2.51. The van der Waals surface area contributed by atoms with Crippen molar-refractivity contribution in [2.45, 2.75) is 30.8 Å². The lowest BCUT2D eigenvalue weighted by Gasteiger charge is -2.17. The fraction of sp³-hybridized carbons (Fsp3) is 0.160. The average Bonchev–Trinajstić information content (AvgIpc) is 3.22. The fourth-order valence-corrected chi connectivity index (χ4v) is 5.09. The second kappa shape index (κ2) is 10.8. The number of nitrogens with zero attached hydrogens (tertiary/aromatic N) is 3. The van der Waals surface area contributed by atoms with Gasteiger partial charge in [0.25, 0.3) is 5.91 Å². The number of carbonyl (C=O) groups is 1. The molecule has 3 aromatic carbocycles. The Labute approximate surface area is 217 Å². The maximum Gasteiger partial charge on any atom is 0.253 e. The van der Waals surface area contributed by atoms with Gasteiger partial charge in [-0.1, -0.05) is 88.5 Å². The van der Waals surface area contributed by atoms with Crippen LogP contribution in [0.2, 0.25) is 15.1 Å². The van der Waals surface area contributed by atoms with E-state index in [1.807, 2.05) is 23.6 Å². The molecule has 1 N–H and O–H groups in total. The van der Waals surface area contributed by atoms with Gasteiger partial charge in [-0.05, 0) is 49.7 Å². The number of benzene rings is 3. The number of aromatic nitrogens is 3. The van der Waals surface area contributed by atoms with Gasteiger partial charge in [0.2, 0.25) is 0 Å². The molecule has 9 heteroatoms. The summed E-state index contributed by atoms with van der Waals surface area (Å²) in [6.45, 7) is 3.90. The second-order valence-corrected chi connectivity index (χ2v) is 9.92. The minimum absolute atomic E-state index is 0.302. The zero-order valence-electron chi connectivity index (χ0n) is 18.4. The second-order valence-electron chi connectivity index (χ2n) is 7.72. The van der Waals surface area contributed by atoms with Crippen molar-refractivity contribution < 1.29 is 4.79 Å². The van der Waals surface area contributed by atoms with Crippen molar-refractivity contribution in [2.75, 3.05) is 0 Å². The minimum atomic E-state index is -0.476. The first-order valence-electron chi connectivity index (χ1n) is 10.5. The number of aryl methyl sites for hydroxylation is 1. The summed E-state index contributed by atoms with van der Waals surface area (Å²) in [5.74, 6) is 0.936. The van der Waals surface area contributed by atoms with Crippen LogP contribution in [0.5, 0.6) is 0 Å². The first kappa shape index (κ1) is 24.6. The molecule has 174 valence electrons. The van der Waals surface area contributed by atoms with Crippen LogP contribution in [-0.2, 0) is 5.75 Å². The summed E-state index contributed by atoms with van der Waals surface area (Å²) >= 11 is 20.4. The lowest BCUT2D eigenvalue weighted by Crippen LogP contribution is -2.29. The average molecular weight is 532 g/mol. The summed E-state index contributed by atoms with van der Waals surface area (Å²) in [5.41, 5.74) is 3.43. The first-order valence-corrected chi connectivity index (χ1v) is 12.6. The van der Waals surface area contributed by atoms with E-state index in [0.717, 1.165) is 0 Å². The molecule has 0 spiro atoms. The molecule has 0 aliphatic heterocycles. The highest BCUT2D eigenvalue weighted by Gasteiger charge is 2.23. The fourth-order valence-electron chi connectivity index (χ4n) is 3.48. The predicted octanol–water partition coefficient (Wildman–Crippen LogP) is 7.32. The van der Waals surface area contributed by atoms with Crippen LogP contribution in [0.1, 0.15) is 40.3 Å². The predicted molar refractivity (Wildman–Crippen MR) is 139 cm³/mol. The van der Waals surface area contributed by atoms with Gasteiger partial charge in [-0.3, -0.25) is 9.36 Å². The summed E-state index contributed by atoms with van der Waals surface area (Å²) in [5, 5.41) is 13.8. The molecule has 4 rings (SSSR count). The third-order valence-corrected chi connectivity index (χ3v) is 6.98. The highest BCUT2D eigenvalue weighted by Crippen LogP contribution is 2.32. The Morgan fingerprint density at radius 2 is 1.79 bits per heavy atom. The molecule has 34 heavy (non-hydrogen) atoms. The van der Waals surface area contributed by atoms with E-state index < -0.39 is 6.04 Å². The lowest BCUT2D eigenvalue weighted by molar-refractivity contribution is 0.0938. The van der Waals surface area contributed by atoms with Gasteiger partial charge in [0, 0.05) is 10.8 Å². The third kappa shape index (κ3) is 5.58. The van der Waals surface area contributed by atoms with E-state index in [0.29, 0.717) is 43.1 Å². The number of rotatable bonds is 7. The molecule has 1 heterocycles. The van der Waals surface area contributed by atoms with Crippen molar-refractivity contribution >= 4 is 52.5 Å². The molecule has 0 saturated heterocycles. The number of carbonyl (C=O) groups excluding carboxylic acids is 1. The van der Waals surface area contributed by atoms with E-state index in [4.69, 9.17) is 34.8 Å². The summed E-state index contributed by atoms with van der Waals surface area (Å²) in [4.78, 5) is 12.9. The number of hydrogen-bond donors (Lipinski definition) is 1. The van der Waals surface area contributed by atoms with E-state index in [1.54, 1.807) is 36.4 Å². The van der Waals surface area contributed by atoms with E-state index in [1.165, 1.54) is 22.9 Å². The molecular weight excluding hydrogens is 511 g/mol. The molecule has 1 unspecified atom stereocenters. The molecule has 4 aromatic rings. The molecule has 0 aliphatic carbocycles. The van der Waals surface area contributed by atoms with Crippen LogP contribution in [-0.4, -0.2) is 20.7 Å². The molecule has 0 saturated carbocycles. The maximum atomic E-state index is 12.9. The van der Waals surface area contributed by atoms with Gasteiger partial charge in [-0.25, -0.2) is 0 Å². The first-order chi connectivity index (χ1) is 16.3. The van der Waals surface area contributed by atoms with E-state index >= 15 is 0 Å². The largest absolute Gasteiger partial charge is 0.342 e. The van der Waals surface area contributed by atoms with Crippen LogP contribution >= 0.6 is 46.6 Å². The Balaban J connectivity index is 1.67. The lowest BCUT2D eigenvalue weighted by atomic mass is 10.2. The Kier molecular flexibility index (Phi) is 7.84. The minimum Gasteiger partial charge on any atom is -0.342 e. The summed E-state index contributed by atoms with van der Waals surface area (Å²) < 4.78 is 1.86. The topological polar surface area (TPSA) is 59.8 Å². The van der Waals surface area contributed by atoms with Gasteiger partial charge < -0.3 is 5.32 Å². The number of thioether (sulfide) groups is 1. The number of halogens is 3. The normalized spacial score (nSPS) is 11.9. The Bertz CT molecular complexity index is 1340. The van der Waals surface area contributed by atoms with Crippen molar-refractivity contribution in [3.63, 3.8) is 0 Å². The van der Waals surface area contributed by atoms with Crippen LogP contribution < -0.4 is 5.32 Å². The van der Waals surface area contributed by atoms with Crippen LogP contribution in [0.25, 0.3) is 5.69 Å². The van der Waals surface area contributed by atoms with Crippen molar-refractivity contribution in [1.29, 1.82) is 0 Å².